The number of aliphatic hydroxyl groups is 1. The van der Waals surface area contributed by atoms with Gasteiger partial charge in [-0.15, -0.1) is 0 Å². The van der Waals surface area contributed by atoms with Crippen molar-refractivity contribution in [3.8, 4) is 0 Å². The van der Waals surface area contributed by atoms with Gasteiger partial charge in [-0.1, -0.05) is 13.8 Å². The summed E-state index contributed by atoms with van der Waals surface area (Å²) in [7, 11) is 0. The van der Waals surface area contributed by atoms with Crippen LogP contribution >= 0.6 is 0 Å². The van der Waals surface area contributed by atoms with Gasteiger partial charge in [0.2, 0.25) is 23.6 Å². The van der Waals surface area contributed by atoms with Gasteiger partial charge in [0.15, 0.2) is 0 Å². The number of primary amides is 1. The van der Waals surface area contributed by atoms with Crippen LogP contribution in [0.15, 0.2) is 0 Å². The monoisotopic (exact) mass is 389 g/mol. The van der Waals surface area contributed by atoms with Crippen molar-refractivity contribution in [2.24, 2.45) is 17.4 Å². The van der Waals surface area contributed by atoms with E-state index < -0.39 is 67.3 Å². The maximum Gasteiger partial charge on any atom is 0.322 e. The molecule has 0 aromatic carbocycles. The molecule has 0 saturated carbocycles. The normalized spacial score (nSPS) is 14.0. The van der Waals surface area contributed by atoms with Crippen molar-refractivity contribution in [3.05, 3.63) is 0 Å². The molecule has 0 aliphatic heterocycles. The quantitative estimate of drug-likeness (QED) is 0.176. The number of aliphatic hydroxyl groups excluding tert-OH is 1. The third-order valence-electron chi connectivity index (χ3n) is 3.33. The Bertz CT molecular complexity index is 567. The highest BCUT2D eigenvalue weighted by Gasteiger charge is 2.29. The molecular formula is C15H27N5O7. The average Bonchev–Trinajstić information content (AvgIpc) is 2.56. The summed E-state index contributed by atoms with van der Waals surface area (Å²) < 4.78 is 0. The first-order valence-corrected chi connectivity index (χ1v) is 8.22. The van der Waals surface area contributed by atoms with E-state index in [2.05, 4.69) is 16.0 Å². The Labute approximate surface area is 156 Å². The van der Waals surface area contributed by atoms with Gasteiger partial charge in [0.05, 0.1) is 13.0 Å². The fourth-order valence-electron chi connectivity index (χ4n) is 2.03. The molecule has 0 aromatic heterocycles. The van der Waals surface area contributed by atoms with E-state index in [-0.39, 0.29) is 12.3 Å². The van der Waals surface area contributed by atoms with E-state index in [0.717, 1.165) is 0 Å². The van der Waals surface area contributed by atoms with Crippen LogP contribution in [0.1, 0.15) is 26.7 Å². The van der Waals surface area contributed by atoms with Gasteiger partial charge >= 0.3 is 5.97 Å². The largest absolute Gasteiger partial charge is 0.480 e. The first kappa shape index (κ1) is 24.3. The Kier molecular flexibility index (Phi) is 10.6. The molecule has 0 heterocycles. The van der Waals surface area contributed by atoms with E-state index in [1.54, 1.807) is 13.8 Å². The predicted molar refractivity (Wildman–Crippen MR) is 92.8 cm³/mol. The lowest BCUT2D eigenvalue weighted by Crippen LogP contribution is -2.57. The zero-order valence-corrected chi connectivity index (χ0v) is 15.2. The number of hydrogen-bond acceptors (Lipinski definition) is 7. The van der Waals surface area contributed by atoms with Crippen molar-refractivity contribution < 1.29 is 34.2 Å². The number of nitrogens with one attached hydrogen (secondary N) is 3. The molecule has 12 nitrogen and oxygen atoms in total. The highest BCUT2D eigenvalue weighted by Crippen LogP contribution is 2.06. The van der Waals surface area contributed by atoms with Crippen molar-refractivity contribution in [2.75, 3.05) is 13.2 Å². The molecule has 0 rings (SSSR count). The number of rotatable bonds is 12. The van der Waals surface area contributed by atoms with Crippen molar-refractivity contribution in [3.63, 3.8) is 0 Å². The second kappa shape index (κ2) is 11.8. The molecule has 0 radical (unpaired) electrons. The Morgan fingerprint density at radius 2 is 1.52 bits per heavy atom. The van der Waals surface area contributed by atoms with Gasteiger partial charge in [-0.25, -0.2) is 0 Å². The Balaban J connectivity index is 5.21. The number of carboxylic acids is 1. The first-order valence-electron chi connectivity index (χ1n) is 8.22. The van der Waals surface area contributed by atoms with E-state index >= 15 is 0 Å². The maximum atomic E-state index is 12.4. The molecule has 4 amide bonds. The lowest BCUT2D eigenvalue weighted by atomic mass is 10.0. The summed E-state index contributed by atoms with van der Waals surface area (Å²) in [6, 6.07) is -3.80. The van der Waals surface area contributed by atoms with Gasteiger partial charge in [0.25, 0.3) is 0 Å². The number of aliphatic carboxylic acids is 1. The third-order valence-corrected chi connectivity index (χ3v) is 3.33. The number of carboxylic acid groups (broad SMARTS) is 1. The van der Waals surface area contributed by atoms with Gasteiger partial charge in [-0.2, -0.15) is 0 Å². The molecule has 0 saturated heterocycles. The molecule has 27 heavy (non-hydrogen) atoms. The number of carbonyl (C=O) groups is 5. The maximum absolute atomic E-state index is 12.4. The van der Waals surface area contributed by atoms with Crippen molar-refractivity contribution >= 4 is 29.6 Å². The van der Waals surface area contributed by atoms with Gasteiger partial charge in [0, 0.05) is 0 Å². The lowest BCUT2D eigenvalue weighted by molar-refractivity contribution is -0.139. The molecule has 0 bridgehead atoms. The second-order valence-electron chi connectivity index (χ2n) is 6.32. The summed E-state index contributed by atoms with van der Waals surface area (Å²) in [6.45, 7) is 2.26. The predicted octanol–water partition coefficient (Wildman–Crippen LogP) is -3.60. The third kappa shape index (κ3) is 10.1. The van der Waals surface area contributed by atoms with Gasteiger partial charge in [0.1, 0.15) is 24.7 Å². The van der Waals surface area contributed by atoms with E-state index in [1.807, 2.05) is 0 Å². The zero-order valence-electron chi connectivity index (χ0n) is 15.2. The minimum Gasteiger partial charge on any atom is -0.480 e. The average molecular weight is 389 g/mol. The van der Waals surface area contributed by atoms with Crippen LogP contribution in [0.5, 0.6) is 0 Å². The van der Waals surface area contributed by atoms with E-state index in [9.17, 15) is 24.0 Å². The minimum atomic E-state index is -1.41. The summed E-state index contributed by atoms with van der Waals surface area (Å²) in [5.41, 5.74) is 10.4. The van der Waals surface area contributed by atoms with Crippen LogP contribution in [0.2, 0.25) is 0 Å². The molecule has 0 fully saturated rings. The highest BCUT2D eigenvalue weighted by molar-refractivity contribution is 5.95. The smallest absolute Gasteiger partial charge is 0.322 e. The standard InChI is InChI=1S/C15H27N5O7/c1-7(2)3-9(14(26)18-5-12(23)24)20-15(27)10(4-11(17)22)19-13(25)8(16)6-21/h7-10,21H,3-6,16H2,1-2H3,(H2,17,22)(H,18,26)(H,19,25)(H,20,27)(H,23,24). The second-order valence-corrected chi connectivity index (χ2v) is 6.32. The van der Waals surface area contributed by atoms with Gasteiger partial charge < -0.3 is 37.6 Å². The van der Waals surface area contributed by atoms with Crippen LogP contribution in [-0.2, 0) is 24.0 Å². The number of amides is 4. The van der Waals surface area contributed by atoms with Crippen molar-refractivity contribution in [2.45, 2.75) is 44.8 Å². The number of carbonyl (C=O) groups excluding carboxylic acids is 4. The van der Waals surface area contributed by atoms with E-state index in [1.165, 1.54) is 0 Å². The van der Waals surface area contributed by atoms with Crippen molar-refractivity contribution in [1.29, 1.82) is 0 Å². The van der Waals surface area contributed by atoms with Crippen LogP contribution in [0.25, 0.3) is 0 Å². The fourth-order valence-corrected chi connectivity index (χ4v) is 2.03. The molecule has 0 aliphatic carbocycles. The Hall–Kier alpha value is -2.73. The first-order chi connectivity index (χ1) is 12.5. The van der Waals surface area contributed by atoms with Crippen LogP contribution in [0.4, 0.5) is 0 Å². The summed E-state index contributed by atoms with van der Waals surface area (Å²) in [4.78, 5) is 58.1. The minimum absolute atomic E-state index is 0.0297. The lowest BCUT2D eigenvalue weighted by Gasteiger charge is -2.24. The molecule has 3 unspecified atom stereocenters. The Morgan fingerprint density at radius 1 is 0.963 bits per heavy atom. The van der Waals surface area contributed by atoms with Crippen LogP contribution in [0, 0.1) is 5.92 Å². The summed E-state index contributed by atoms with van der Waals surface area (Å²) >= 11 is 0. The molecule has 0 aromatic rings. The molecule has 12 heteroatoms. The molecule has 3 atom stereocenters. The fraction of sp³-hybridized carbons (Fsp3) is 0.667. The number of hydrogen-bond donors (Lipinski definition) is 7. The Morgan fingerprint density at radius 3 is 1.96 bits per heavy atom. The zero-order chi connectivity index (χ0) is 21.1. The molecule has 154 valence electrons. The molecular weight excluding hydrogens is 362 g/mol. The SMILES string of the molecule is CC(C)CC(NC(=O)C(CC(N)=O)NC(=O)C(N)CO)C(=O)NCC(=O)O. The number of nitrogens with two attached hydrogens (primary N) is 2. The summed E-state index contributed by atoms with van der Waals surface area (Å²) in [5.74, 6) is -4.65. The molecule has 9 N–H and O–H groups in total. The van der Waals surface area contributed by atoms with Crippen LogP contribution in [0.3, 0.4) is 0 Å². The summed E-state index contributed by atoms with van der Waals surface area (Å²) in [6.07, 6.45) is -0.370. The van der Waals surface area contributed by atoms with E-state index in [4.69, 9.17) is 21.7 Å². The van der Waals surface area contributed by atoms with Crippen molar-refractivity contribution in [1.82, 2.24) is 16.0 Å². The van der Waals surface area contributed by atoms with Gasteiger partial charge in [-0.05, 0) is 12.3 Å². The van der Waals surface area contributed by atoms with E-state index in [0.29, 0.717) is 0 Å². The van der Waals surface area contributed by atoms with Gasteiger partial charge in [-0.3, -0.25) is 24.0 Å². The molecule has 0 spiro atoms. The highest BCUT2D eigenvalue weighted by atomic mass is 16.4. The van der Waals surface area contributed by atoms with Crippen LogP contribution < -0.4 is 27.4 Å². The molecule has 0 aliphatic rings. The topological polar surface area (TPSA) is 214 Å². The summed E-state index contributed by atoms with van der Waals surface area (Å²) in [5, 5.41) is 24.2. The van der Waals surface area contributed by atoms with Crippen LogP contribution in [-0.4, -0.2) is 71.1 Å².